The van der Waals surface area contributed by atoms with Gasteiger partial charge in [-0.05, 0) is 11.5 Å². The zero-order chi connectivity index (χ0) is 10.9. The van der Waals surface area contributed by atoms with Crippen molar-refractivity contribution < 1.29 is 13.6 Å². The Balaban J connectivity index is 2.00. The zero-order valence-corrected chi connectivity index (χ0v) is 8.64. The van der Waals surface area contributed by atoms with Crippen molar-refractivity contribution in [3.05, 3.63) is 11.1 Å². The summed E-state index contributed by atoms with van der Waals surface area (Å²) >= 11 is 1.07. The van der Waals surface area contributed by atoms with Gasteiger partial charge in [-0.2, -0.15) is 0 Å². The van der Waals surface area contributed by atoms with Gasteiger partial charge in [0, 0.05) is 31.3 Å². The number of amides is 1. The summed E-state index contributed by atoms with van der Waals surface area (Å²) in [5.74, 6) is -2.93. The second-order valence-electron chi connectivity index (χ2n) is 3.44. The fourth-order valence-corrected chi connectivity index (χ4v) is 1.89. The SMILES string of the molecule is O=C(c1csnn1)N1CCC(F)(F)CC1. The zero-order valence-electron chi connectivity index (χ0n) is 7.82. The van der Waals surface area contributed by atoms with Gasteiger partial charge >= 0.3 is 0 Å². The molecule has 2 rings (SSSR count). The van der Waals surface area contributed by atoms with Crippen LogP contribution in [0.5, 0.6) is 0 Å². The lowest BCUT2D eigenvalue weighted by molar-refractivity contribution is -0.0495. The number of carbonyl (C=O) groups excluding carboxylic acids is 1. The summed E-state index contributed by atoms with van der Waals surface area (Å²) in [6, 6.07) is 0. The first kappa shape index (κ1) is 10.4. The molecule has 2 heterocycles. The van der Waals surface area contributed by atoms with Crippen molar-refractivity contribution in [3.8, 4) is 0 Å². The van der Waals surface area contributed by atoms with Gasteiger partial charge in [-0.1, -0.05) is 4.49 Å². The number of alkyl halides is 2. The summed E-state index contributed by atoms with van der Waals surface area (Å²) in [7, 11) is 0. The van der Waals surface area contributed by atoms with Gasteiger partial charge < -0.3 is 4.90 Å². The Labute approximate surface area is 89.1 Å². The highest BCUT2D eigenvalue weighted by molar-refractivity contribution is 7.03. The molecule has 1 aromatic rings. The van der Waals surface area contributed by atoms with Crippen molar-refractivity contribution in [2.24, 2.45) is 0 Å². The molecule has 0 spiro atoms. The standard InChI is InChI=1S/C8H9F2N3OS/c9-8(10)1-3-13(4-2-8)7(14)6-5-15-12-11-6/h5H,1-4H2. The maximum atomic E-state index is 12.8. The van der Waals surface area contributed by atoms with Crippen LogP contribution in [-0.4, -0.2) is 39.4 Å². The second kappa shape index (κ2) is 3.80. The van der Waals surface area contributed by atoms with Crippen LogP contribution in [0.4, 0.5) is 8.78 Å². The maximum absolute atomic E-state index is 12.8. The summed E-state index contributed by atoms with van der Waals surface area (Å²) in [5, 5.41) is 5.14. The molecule has 15 heavy (non-hydrogen) atoms. The average molecular weight is 233 g/mol. The Morgan fingerprint density at radius 2 is 2.13 bits per heavy atom. The molecule has 1 amide bonds. The van der Waals surface area contributed by atoms with Crippen LogP contribution in [0.1, 0.15) is 23.3 Å². The number of halogens is 2. The Morgan fingerprint density at radius 1 is 1.47 bits per heavy atom. The molecule has 0 unspecified atom stereocenters. The van der Waals surface area contributed by atoms with Gasteiger partial charge in [0.05, 0.1) is 0 Å². The highest BCUT2D eigenvalue weighted by atomic mass is 32.1. The molecule has 1 aromatic heterocycles. The third-order valence-electron chi connectivity index (χ3n) is 2.36. The van der Waals surface area contributed by atoms with Gasteiger partial charge in [0.25, 0.3) is 11.8 Å². The fourth-order valence-electron chi connectivity index (χ4n) is 1.46. The summed E-state index contributed by atoms with van der Waals surface area (Å²) in [5.41, 5.74) is 0.241. The van der Waals surface area contributed by atoms with Crippen LogP contribution in [0.15, 0.2) is 5.38 Å². The van der Waals surface area contributed by atoms with Crippen molar-refractivity contribution >= 4 is 17.4 Å². The molecule has 0 N–H and O–H groups in total. The predicted octanol–water partition coefficient (Wildman–Crippen LogP) is 1.41. The molecule has 1 aliphatic rings. The third kappa shape index (κ3) is 2.28. The van der Waals surface area contributed by atoms with E-state index in [9.17, 15) is 13.6 Å². The van der Waals surface area contributed by atoms with Gasteiger partial charge in [-0.3, -0.25) is 4.79 Å². The largest absolute Gasteiger partial charge is 0.337 e. The van der Waals surface area contributed by atoms with Crippen LogP contribution < -0.4 is 0 Å². The number of aromatic nitrogens is 2. The maximum Gasteiger partial charge on any atom is 0.275 e. The van der Waals surface area contributed by atoms with Crippen molar-refractivity contribution in [1.82, 2.24) is 14.5 Å². The quantitative estimate of drug-likeness (QED) is 0.736. The molecule has 0 aliphatic carbocycles. The summed E-state index contributed by atoms with van der Waals surface area (Å²) < 4.78 is 29.2. The van der Waals surface area contributed by atoms with Crippen molar-refractivity contribution in [3.63, 3.8) is 0 Å². The van der Waals surface area contributed by atoms with Gasteiger partial charge in [-0.25, -0.2) is 8.78 Å². The number of likely N-dealkylation sites (tertiary alicyclic amines) is 1. The Morgan fingerprint density at radius 3 is 2.67 bits per heavy atom. The minimum absolute atomic E-state index is 0.0867. The number of hydrogen-bond acceptors (Lipinski definition) is 4. The van der Waals surface area contributed by atoms with Crippen molar-refractivity contribution in [1.29, 1.82) is 0 Å². The van der Waals surface area contributed by atoms with Crippen molar-refractivity contribution in [2.45, 2.75) is 18.8 Å². The molecular weight excluding hydrogens is 224 g/mol. The minimum Gasteiger partial charge on any atom is -0.337 e. The van der Waals surface area contributed by atoms with E-state index in [1.54, 1.807) is 0 Å². The van der Waals surface area contributed by atoms with Crippen LogP contribution in [0.3, 0.4) is 0 Å². The minimum atomic E-state index is -2.63. The van der Waals surface area contributed by atoms with E-state index < -0.39 is 5.92 Å². The van der Waals surface area contributed by atoms with Gasteiger partial charge in [0.1, 0.15) is 0 Å². The number of hydrogen-bond donors (Lipinski definition) is 0. The predicted molar refractivity (Wildman–Crippen MR) is 50.0 cm³/mol. The third-order valence-corrected chi connectivity index (χ3v) is 2.87. The van der Waals surface area contributed by atoms with E-state index in [1.165, 1.54) is 10.3 Å². The molecule has 82 valence electrons. The highest BCUT2D eigenvalue weighted by Gasteiger charge is 2.36. The first-order chi connectivity index (χ1) is 7.08. The van der Waals surface area contributed by atoms with Crippen LogP contribution in [0.25, 0.3) is 0 Å². The van der Waals surface area contributed by atoms with Crippen LogP contribution >= 0.6 is 11.5 Å². The molecule has 1 saturated heterocycles. The molecule has 0 bridgehead atoms. The molecular formula is C8H9F2N3OS. The van der Waals surface area contributed by atoms with E-state index in [1.807, 2.05) is 0 Å². The second-order valence-corrected chi connectivity index (χ2v) is 4.05. The normalized spacial score (nSPS) is 20.3. The molecule has 0 radical (unpaired) electrons. The fraction of sp³-hybridized carbons (Fsp3) is 0.625. The number of piperidine rings is 1. The number of nitrogens with zero attached hydrogens (tertiary/aromatic N) is 3. The van der Waals surface area contributed by atoms with E-state index in [-0.39, 0.29) is 37.5 Å². The van der Waals surface area contributed by atoms with Crippen LogP contribution in [0, 0.1) is 0 Å². The van der Waals surface area contributed by atoms with Gasteiger partial charge in [0.15, 0.2) is 5.69 Å². The molecule has 0 atom stereocenters. The summed E-state index contributed by atoms with van der Waals surface area (Å²) in [6.07, 6.45) is -0.535. The first-order valence-corrected chi connectivity index (χ1v) is 5.36. The van der Waals surface area contributed by atoms with Gasteiger partial charge in [0.2, 0.25) is 0 Å². The number of rotatable bonds is 1. The average Bonchev–Trinajstić information content (AvgIpc) is 2.69. The first-order valence-electron chi connectivity index (χ1n) is 4.53. The Kier molecular flexibility index (Phi) is 2.64. The van der Waals surface area contributed by atoms with Crippen LogP contribution in [0.2, 0.25) is 0 Å². The van der Waals surface area contributed by atoms with E-state index in [4.69, 9.17) is 0 Å². The smallest absolute Gasteiger partial charge is 0.275 e. The van der Waals surface area contributed by atoms with E-state index in [2.05, 4.69) is 9.59 Å². The van der Waals surface area contributed by atoms with Gasteiger partial charge in [-0.15, -0.1) is 5.10 Å². The van der Waals surface area contributed by atoms with E-state index in [0.717, 1.165) is 11.5 Å². The van der Waals surface area contributed by atoms with E-state index >= 15 is 0 Å². The molecule has 0 aromatic carbocycles. The topological polar surface area (TPSA) is 46.1 Å². The Hall–Kier alpha value is -1.11. The molecule has 1 aliphatic heterocycles. The summed E-state index contributed by atoms with van der Waals surface area (Å²) in [6.45, 7) is 0.173. The number of carbonyl (C=O) groups is 1. The lowest BCUT2D eigenvalue weighted by Crippen LogP contribution is -2.42. The van der Waals surface area contributed by atoms with Crippen LogP contribution in [-0.2, 0) is 0 Å². The molecule has 7 heteroatoms. The van der Waals surface area contributed by atoms with Crippen molar-refractivity contribution in [2.75, 3.05) is 13.1 Å². The monoisotopic (exact) mass is 233 g/mol. The Bertz CT molecular complexity index is 345. The summed E-state index contributed by atoms with van der Waals surface area (Å²) in [4.78, 5) is 13.1. The highest BCUT2D eigenvalue weighted by Crippen LogP contribution is 2.28. The van der Waals surface area contributed by atoms with E-state index in [0.29, 0.717) is 0 Å². The lowest BCUT2D eigenvalue weighted by Gasteiger charge is -2.31. The molecule has 0 saturated carbocycles. The molecule has 1 fully saturated rings. The molecule has 4 nitrogen and oxygen atoms in total. The lowest BCUT2D eigenvalue weighted by atomic mass is 10.1.